The van der Waals surface area contributed by atoms with E-state index in [9.17, 15) is 0 Å². The van der Waals surface area contributed by atoms with Crippen molar-refractivity contribution < 1.29 is 0 Å². The highest BCUT2D eigenvalue weighted by molar-refractivity contribution is 5.03. The molecule has 0 saturated heterocycles. The summed E-state index contributed by atoms with van der Waals surface area (Å²) in [6, 6.07) is 0. The third kappa shape index (κ3) is 2.27. The summed E-state index contributed by atoms with van der Waals surface area (Å²) >= 11 is 0. The van der Waals surface area contributed by atoms with Gasteiger partial charge in [0, 0.05) is 5.41 Å². The summed E-state index contributed by atoms with van der Waals surface area (Å²) in [6.07, 6.45) is 13.8. The zero-order valence-corrected chi connectivity index (χ0v) is 8.40. The van der Waals surface area contributed by atoms with Gasteiger partial charge in [-0.25, -0.2) is 0 Å². The van der Waals surface area contributed by atoms with Gasteiger partial charge in [0.05, 0.1) is 0 Å². The molecular formula is C12H20. The molecule has 0 nitrogen and oxygen atoms in total. The van der Waals surface area contributed by atoms with Gasteiger partial charge in [0.1, 0.15) is 0 Å². The van der Waals surface area contributed by atoms with E-state index in [0.29, 0.717) is 0 Å². The maximum absolute atomic E-state index is 5.54. The molecule has 0 radical (unpaired) electrons. The van der Waals surface area contributed by atoms with Crippen molar-refractivity contribution in [1.29, 1.82) is 0 Å². The molecule has 0 heterocycles. The molecule has 0 unspecified atom stereocenters. The van der Waals surface area contributed by atoms with Crippen molar-refractivity contribution in [2.45, 2.75) is 52.4 Å². The van der Waals surface area contributed by atoms with E-state index in [1.54, 1.807) is 0 Å². The zero-order valence-electron chi connectivity index (χ0n) is 8.40. The number of rotatable bonds is 1. The molecular weight excluding hydrogens is 144 g/mol. The Morgan fingerprint density at radius 2 is 1.58 bits per heavy atom. The van der Waals surface area contributed by atoms with Crippen LogP contribution in [0.4, 0.5) is 0 Å². The van der Waals surface area contributed by atoms with Gasteiger partial charge in [0.2, 0.25) is 0 Å². The predicted octanol–water partition coefficient (Wildman–Crippen LogP) is 3.62. The molecule has 0 heteroatoms. The largest absolute Gasteiger partial charge is 0.120 e. The van der Waals surface area contributed by atoms with Crippen LogP contribution in [0.1, 0.15) is 52.4 Å². The minimum atomic E-state index is 0.129. The molecule has 0 N–H and O–H groups in total. The molecule has 0 aromatic carbocycles. The summed E-state index contributed by atoms with van der Waals surface area (Å²) in [6.45, 7) is 4.42. The standard InChI is InChI=1S/C12H20/c1-4-12(2,3)11-9-7-5-6-8-10-11/h1,11H,5-10H2,2-3H3. The van der Waals surface area contributed by atoms with Crippen molar-refractivity contribution in [3.63, 3.8) is 0 Å². The SMILES string of the molecule is C#CC(C)(C)C1CCCCCC1. The van der Waals surface area contributed by atoms with E-state index in [-0.39, 0.29) is 5.41 Å². The Bertz CT molecular complexity index is 163. The van der Waals surface area contributed by atoms with Gasteiger partial charge in [0.15, 0.2) is 0 Å². The van der Waals surface area contributed by atoms with Crippen molar-refractivity contribution in [2.24, 2.45) is 11.3 Å². The lowest BCUT2D eigenvalue weighted by Crippen LogP contribution is -2.21. The Balaban J connectivity index is 2.55. The molecule has 68 valence electrons. The van der Waals surface area contributed by atoms with Crippen LogP contribution in [-0.2, 0) is 0 Å². The third-order valence-corrected chi connectivity index (χ3v) is 3.25. The first-order valence-corrected chi connectivity index (χ1v) is 5.14. The molecule has 0 spiro atoms. The van der Waals surface area contributed by atoms with Gasteiger partial charge in [-0.15, -0.1) is 12.3 Å². The molecule has 1 fully saturated rings. The first-order chi connectivity index (χ1) is 5.67. The van der Waals surface area contributed by atoms with E-state index in [2.05, 4.69) is 19.8 Å². The maximum atomic E-state index is 5.54. The van der Waals surface area contributed by atoms with Crippen LogP contribution in [0, 0.1) is 23.7 Å². The lowest BCUT2D eigenvalue weighted by atomic mass is 9.75. The normalized spacial score (nSPS) is 21.4. The number of hydrogen-bond donors (Lipinski definition) is 0. The summed E-state index contributed by atoms with van der Waals surface area (Å²) in [5, 5.41) is 0. The van der Waals surface area contributed by atoms with E-state index < -0.39 is 0 Å². The Labute approximate surface area is 76.7 Å². The summed E-state index contributed by atoms with van der Waals surface area (Å²) in [7, 11) is 0. The van der Waals surface area contributed by atoms with Crippen LogP contribution in [0.2, 0.25) is 0 Å². The first-order valence-electron chi connectivity index (χ1n) is 5.14. The summed E-state index contributed by atoms with van der Waals surface area (Å²) in [5.41, 5.74) is 0.129. The second kappa shape index (κ2) is 3.99. The highest BCUT2D eigenvalue weighted by Crippen LogP contribution is 2.36. The van der Waals surface area contributed by atoms with E-state index >= 15 is 0 Å². The molecule has 0 aromatic rings. The topological polar surface area (TPSA) is 0 Å². The molecule has 0 bridgehead atoms. The summed E-state index contributed by atoms with van der Waals surface area (Å²) in [5.74, 6) is 3.71. The average Bonchev–Trinajstić information content (AvgIpc) is 2.32. The zero-order chi connectivity index (χ0) is 9.03. The van der Waals surface area contributed by atoms with Crippen LogP contribution in [-0.4, -0.2) is 0 Å². The summed E-state index contributed by atoms with van der Waals surface area (Å²) in [4.78, 5) is 0. The van der Waals surface area contributed by atoms with Gasteiger partial charge < -0.3 is 0 Å². The first kappa shape index (κ1) is 9.65. The van der Waals surface area contributed by atoms with Gasteiger partial charge >= 0.3 is 0 Å². The Kier molecular flexibility index (Phi) is 3.20. The van der Waals surface area contributed by atoms with Crippen molar-refractivity contribution in [1.82, 2.24) is 0 Å². The lowest BCUT2D eigenvalue weighted by molar-refractivity contribution is 0.265. The fourth-order valence-corrected chi connectivity index (χ4v) is 2.12. The fourth-order valence-electron chi connectivity index (χ4n) is 2.12. The second-order valence-corrected chi connectivity index (χ2v) is 4.55. The highest BCUT2D eigenvalue weighted by atomic mass is 14.3. The van der Waals surface area contributed by atoms with Crippen molar-refractivity contribution in [3.05, 3.63) is 0 Å². The van der Waals surface area contributed by atoms with Crippen LogP contribution in [0.3, 0.4) is 0 Å². The minimum absolute atomic E-state index is 0.129. The fraction of sp³-hybridized carbons (Fsp3) is 0.833. The monoisotopic (exact) mass is 164 g/mol. The Morgan fingerprint density at radius 3 is 2.00 bits per heavy atom. The average molecular weight is 164 g/mol. The van der Waals surface area contributed by atoms with Gasteiger partial charge in [-0.3, -0.25) is 0 Å². The number of hydrogen-bond acceptors (Lipinski definition) is 0. The van der Waals surface area contributed by atoms with Crippen LogP contribution in [0.5, 0.6) is 0 Å². The van der Waals surface area contributed by atoms with E-state index in [1.807, 2.05) is 0 Å². The molecule has 0 aromatic heterocycles. The van der Waals surface area contributed by atoms with Crippen LogP contribution >= 0.6 is 0 Å². The van der Waals surface area contributed by atoms with Gasteiger partial charge in [-0.2, -0.15) is 0 Å². The van der Waals surface area contributed by atoms with E-state index in [0.717, 1.165) is 5.92 Å². The Hall–Kier alpha value is -0.440. The quantitative estimate of drug-likeness (QED) is 0.410. The van der Waals surface area contributed by atoms with Gasteiger partial charge in [0.25, 0.3) is 0 Å². The molecule has 1 rings (SSSR count). The van der Waals surface area contributed by atoms with E-state index in [4.69, 9.17) is 6.42 Å². The van der Waals surface area contributed by atoms with Crippen molar-refractivity contribution in [2.75, 3.05) is 0 Å². The number of terminal acetylenes is 1. The highest BCUT2D eigenvalue weighted by Gasteiger charge is 2.27. The molecule has 1 saturated carbocycles. The molecule has 0 amide bonds. The molecule has 0 atom stereocenters. The van der Waals surface area contributed by atoms with Crippen molar-refractivity contribution in [3.8, 4) is 12.3 Å². The van der Waals surface area contributed by atoms with Gasteiger partial charge in [-0.05, 0) is 32.6 Å². The molecule has 1 aliphatic rings. The Morgan fingerprint density at radius 1 is 1.08 bits per heavy atom. The van der Waals surface area contributed by atoms with Gasteiger partial charge in [-0.1, -0.05) is 25.7 Å². The smallest absolute Gasteiger partial charge is 0.0283 e. The van der Waals surface area contributed by atoms with Crippen LogP contribution in [0.15, 0.2) is 0 Å². The lowest BCUT2D eigenvalue weighted by Gasteiger charge is -2.28. The molecule has 12 heavy (non-hydrogen) atoms. The van der Waals surface area contributed by atoms with Crippen molar-refractivity contribution >= 4 is 0 Å². The van der Waals surface area contributed by atoms with Crippen LogP contribution in [0.25, 0.3) is 0 Å². The second-order valence-electron chi connectivity index (χ2n) is 4.55. The minimum Gasteiger partial charge on any atom is -0.120 e. The third-order valence-electron chi connectivity index (χ3n) is 3.25. The molecule has 1 aliphatic carbocycles. The molecule has 0 aliphatic heterocycles. The van der Waals surface area contributed by atoms with Crippen LogP contribution < -0.4 is 0 Å². The predicted molar refractivity (Wildman–Crippen MR) is 53.8 cm³/mol. The van der Waals surface area contributed by atoms with E-state index in [1.165, 1.54) is 38.5 Å². The maximum Gasteiger partial charge on any atom is 0.0283 e. The summed E-state index contributed by atoms with van der Waals surface area (Å²) < 4.78 is 0.